The Morgan fingerprint density at radius 3 is 2.47 bits per heavy atom. The van der Waals surface area contributed by atoms with E-state index < -0.39 is 10.7 Å². The highest BCUT2D eigenvalue weighted by molar-refractivity contribution is 7.82. The highest BCUT2D eigenvalue weighted by Gasteiger charge is 2.29. The standard InChI is InChI=1S/C13H16N2O3S/c1-13(19,12(18)14-7-8-16)9-15-11(17)10-5-3-2-4-6-10/h2-6,8,19H,7,9H2,1H3,(H,14,18)(H,15,17). The van der Waals surface area contributed by atoms with Gasteiger partial charge in [-0.15, -0.1) is 0 Å². The van der Waals surface area contributed by atoms with Gasteiger partial charge in [-0.1, -0.05) is 18.2 Å². The number of rotatable bonds is 6. The number of aldehydes is 1. The van der Waals surface area contributed by atoms with Gasteiger partial charge < -0.3 is 15.4 Å². The van der Waals surface area contributed by atoms with Crippen molar-refractivity contribution in [2.45, 2.75) is 11.7 Å². The fraction of sp³-hybridized carbons (Fsp3) is 0.308. The van der Waals surface area contributed by atoms with Crippen molar-refractivity contribution >= 4 is 30.7 Å². The second-order valence-corrected chi connectivity index (χ2v) is 5.19. The van der Waals surface area contributed by atoms with E-state index in [0.717, 1.165) is 0 Å². The van der Waals surface area contributed by atoms with E-state index in [9.17, 15) is 14.4 Å². The summed E-state index contributed by atoms with van der Waals surface area (Å²) in [6.07, 6.45) is 0.588. The minimum Gasteiger partial charge on any atom is -0.350 e. The van der Waals surface area contributed by atoms with Gasteiger partial charge in [0.1, 0.15) is 11.0 Å². The van der Waals surface area contributed by atoms with Crippen LogP contribution in [0.3, 0.4) is 0 Å². The maximum atomic E-state index is 11.8. The largest absolute Gasteiger partial charge is 0.350 e. The normalized spacial score (nSPS) is 13.2. The van der Waals surface area contributed by atoms with Crippen molar-refractivity contribution in [3.8, 4) is 0 Å². The summed E-state index contributed by atoms with van der Waals surface area (Å²) in [6, 6.07) is 8.68. The molecular formula is C13H16N2O3S. The van der Waals surface area contributed by atoms with Crippen molar-refractivity contribution in [1.29, 1.82) is 0 Å². The lowest BCUT2D eigenvalue weighted by Crippen LogP contribution is -2.48. The highest BCUT2D eigenvalue weighted by Crippen LogP contribution is 2.12. The second-order valence-electron chi connectivity index (χ2n) is 4.20. The summed E-state index contributed by atoms with van der Waals surface area (Å²) in [6.45, 7) is 1.57. The summed E-state index contributed by atoms with van der Waals surface area (Å²) in [5.74, 6) is -0.680. The van der Waals surface area contributed by atoms with Crippen LogP contribution in [0, 0.1) is 0 Å². The molecule has 6 heteroatoms. The molecule has 0 aromatic heterocycles. The summed E-state index contributed by atoms with van der Waals surface area (Å²) < 4.78 is -1.08. The molecule has 1 aromatic carbocycles. The molecule has 2 N–H and O–H groups in total. The molecule has 5 nitrogen and oxygen atoms in total. The lowest BCUT2D eigenvalue weighted by molar-refractivity contribution is -0.124. The van der Waals surface area contributed by atoms with Crippen molar-refractivity contribution in [3.05, 3.63) is 35.9 Å². The molecule has 1 unspecified atom stereocenters. The third-order valence-corrected chi connectivity index (χ3v) is 2.83. The molecule has 0 aliphatic heterocycles. The first-order valence-corrected chi connectivity index (χ1v) is 6.19. The van der Waals surface area contributed by atoms with Gasteiger partial charge in [-0.25, -0.2) is 0 Å². The summed E-state index contributed by atoms with van der Waals surface area (Å²) in [4.78, 5) is 33.6. The van der Waals surface area contributed by atoms with Crippen LogP contribution in [0.1, 0.15) is 17.3 Å². The van der Waals surface area contributed by atoms with Crippen LogP contribution in [0.4, 0.5) is 0 Å². The second kappa shape index (κ2) is 6.94. The fourth-order valence-electron chi connectivity index (χ4n) is 1.35. The summed E-state index contributed by atoms with van der Waals surface area (Å²) >= 11 is 4.20. The van der Waals surface area contributed by atoms with Gasteiger partial charge in [0.25, 0.3) is 5.91 Å². The van der Waals surface area contributed by atoms with E-state index in [0.29, 0.717) is 11.8 Å². The number of carbonyl (C=O) groups is 3. The molecule has 19 heavy (non-hydrogen) atoms. The maximum absolute atomic E-state index is 11.8. The van der Waals surface area contributed by atoms with Crippen molar-refractivity contribution < 1.29 is 14.4 Å². The lowest BCUT2D eigenvalue weighted by atomic mass is 10.1. The molecule has 0 spiro atoms. The summed E-state index contributed by atoms with van der Waals surface area (Å²) in [5.41, 5.74) is 0.514. The van der Waals surface area contributed by atoms with Crippen molar-refractivity contribution in [2.75, 3.05) is 13.1 Å². The highest BCUT2D eigenvalue weighted by atomic mass is 32.1. The summed E-state index contributed by atoms with van der Waals surface area (Å²) in [7, 11) is 0. The minimum absolute atomic E-state index is 0.0640. The van der Waals surface area contributed by atoms with Crippen LogP contribution in [-0.2, 0) is 9.59 Å². The van der Waals surface area contributed by atoms with Gasteiger partial charge in [0.15, 0.2) is 0 Å². The van der Waals surface area contributed by atoms with E-state index in [1.807, 2.05) is 6.07 Å². The average Bonchev–Trinajstić information content (AvgIpc) is 2.43. The zero-order chi connectivity index (χ0) is 14.3. The number of benzene rings is 1. The van der Waals surface area contributed by atoms with Crippen LogP contribution in [0.15, 0.2) is 30.3 Å². The van der Waals surface area contributed by atoms with Crippen molar-refractivity contribution in [3.63, 3.8) is 0 Å². The van der Waals surface area contributed by atoms with Crippen LogP contribution in [0.25, 0.3) is 0 Å². The SMILES string of the molecule is CC(S)(CNC(=O)c1ccccc1)C(=O)NCC=O. The first-order chi connectivity index (χ1) is 8.97. The van der Waals surface area contributed by atoms with Gasteiger partial charge in [-0.05, 0) is 19.1 Å². The fourth-order valence-corrected chi connectivity index (χ4v) is 1.51. The first-order valence-electron chi connectivity index (χ1n) is 5.75. The average molecular weight is 280 g/mol. The van der Waals surface area contributed by atoms with Gasteiger partial charge in [0, 0.05) is 12.1 Å². The lowest BCUT2D eigenvalue weighted by Gasteiger charge is -2.22. The van der Waals surface area contributed by atoms with E-state index in [-0.39, 0.29) is 19.0 Å². The molecule has 0 saturated heterocycles. The van der Waals surface area contributed by atoms with E-state index in [1.54, 1.807) is 31.2 Å². The number of carbonyl (C=O) groups excluding carboxylic acids is 3. The maximum Gasteiger partial charge on any atom is 0.251 e. The molecular weight excluding hydrogens is 264 g/mol. The topological polar surface area (TPSA) is 75.3 Å². The third kappa shape index (κ3) is 4.75. The molecule has 0 aliphatic carbocycles. The van der Waals surface area contributed by atoms with Crippen LogP contribution in [-0.4, -0.2) is 35.9 Å². The van der Waals surface area contributed by atoms with E-state index in [4.69, 9.17) is 0 Å². The minimum atomic E-state index is -1.08. The molecule has 0 radical (unpaired) electrons. The van der Waals surface area contributed by atoms with Crippen LogP contribution in [0.5, 0.6) is 0 Å². The van der Waals surface area contributed by atoms with E-state index in [1.165, 1.54) is 0 Å². The number of nitrogens with one attached hydrogen (secondary N) is 2. The third-order valence-electron chi connectivity index (χ3n) is 2.46. The zero-order valence-electron chi connectivity index (χ0n) is 10.6. The number of thiol groups is 1. The molecule has 1 rings (SSSR count). The van der Waals surface area contributed by atoms with Gasteiger partial charge >= 0.3 is 0 Å². The number of amides is 2. The molecule has 1 aromatic rings. The predicted octanol–water partition coefficient (Wildman–Crippen LogP) is 0.420. The molecule has 1 atom stereocenters. The molecule has 2 amide bonds. The predicted molar refractivity (Wildman–Crippen MR) is 75.2 cm³/mol. The van der Waals surface area contributed by atoms with Crippen LogP contribution >= 0.6 is 12.6 Å². The van der Waals surface area contributed by atoms with Gasteiger partial charge in [0.2, 0.25) is 5.91 Å². The Balaban J connectivity index is 2.53. The zero-order valence-corrected chi connectivity index (χ0v) is 11.4. The molecule has 102 valence electrons. The smallest absolute Gasteiger partial charge is 0.251 e. The molecule has 0 saturated carbocycles. The monoisotopic (exact) mass is 280 g/mol. The van der Waals surface area contributed by atoms with Crippen LogP contribution in [0.2, 0.25) is 0 Å². The van der Waals surface area contributed by atoms with Crippen molar-refractivity contribution in [2.24, 2.45) is 0 Å². The van der Waals surface area contributed by atoms with Crippen molar-refractivity contribution in [1.82, 2.24) is 10.6 Å². The Hall–Kier alpha value is -1.82. The molecule has 0 aliphatic rings. The number of hydrogen-bond donors (Lipinski definition) is 3. The Morgan fingerprint density at radius 1 is 1.26 bits per heavy atom. The van der Waals surface area contributed by atoms with Gasteiger partial charge in [-0.2, -0.15) is 12.6 Å². The summed E-state index contributed by atoms with van der Waals surface area (Å²) in [5, 5.41) is 5.03. The van der Waals surface area contributed by atoms with Crippen LogP contribution < -0.4 is 10.6 Å². The Labute approximate surface area is 117 Å². The van der Waals surface area contributed by atoms with E-state index >= 15 is 0 Å². The molecule has 0 bridgehead atoms. The Bertz CT molecular complexity index is 460. The first kappa shape index (κ1) is 15.2. The van der Waals surface area contributed by atoms with Gasteiger partial charge in [-0.3, -0.25) is 9.59 Å². The molecule has 0 heterocycles. The number of hydrogen-bond acceptors (Lipinski definition) is 4. The Morgan fingerprint density at radius 2 is 1.89 bits per heavy atom. The van der Waals surface area contributed by atoms with E-state index in [2.05, 4.69) is 23.3 Å². The molecule has 0 fully saturated rings. The quantitative estimate of drug-likeness (QED) is 0.522. The van der Waals surface area contributed by atoms with Gasteiger partial charge in [0.05, 0.1) is 6.54 Å². The Kier molecular flexibility index (Phi) is 5.57.